The van der Waals surface area contributed by atoms with Crippen molar-refractivity contribution in [3.05, 3.63) is 52.0 Å². The van der Waals surface area contributed by atoms with Gasteiger partial charge in [0.05, 0.1) is 12.3 Å². The van der Waals surface area contributed by atoms with Crippen LogP contribution in [0.3, 0.4) is 0 Å². The number of benzene rings is 1. The first kappa shape index (κ1) is 15.6. The van der Waals surface area contributed by atoms with E-state index in [4.69, 9.17) is 5.84 Å². The molecule has 0 unspecified atom stereocenters. The van der Waals surface area contributed by atoms with Crippen LogP contribution in [0.2, 0.25) is 0 Å². The minimum Gasteiger partial charge on any atom is -0.395 e. The maximum absolute atomic E-state index is 11.4. The van der Waals surface area contributed by atoms with Crippen molar-refractivity contribution in [1.29, 1.82) is 0 Å². The van der Waals surface area contributed by atoms with Crippen molar-refractivity contribution >= 4 is 17.2 Å². The van der Waals surface area contributed by atoms with Crippen LogP contribution in [-0.4, -0.2) is 34.0 Å². The lowest BCUT2D eigenvalue weighted by molar-refractivity contribution is 0.0952. The van der Waals surface area contributed by atoms with E-state index in [1.807, 2.05) is 35.7 Å². The second-order valence-corrected chi connectivity index (χ2v) is 5.40. The van der Waals surface area contributed by atoms with Gasteiger partial charge in [-0.3, -0.25) is 15.1 Å². The Morgan fingerprint density at radius 1 is 1.33 bits per heavy atom. The first-order valence-corrected chi connectivity index (χ1v) is 7.43. The molecule has 0 aliphatic carbocycles. The third-order valence-electron chi connectivity index (χ3n) is 2.93. The Balaban J connectivity index is 2.02. The predicted molar refractivity (Wildman–Crippen MR) is 81.4 cm³/mol. The largest absolute Gasteiger partial charge is 0.395 e. The van der Waals surface area contributed by atoms with Gasteiger partial charge in [-0.1, -0.05) is 30.3 Å². The molecule has 6 nitrogen and oxygen atoms in total. The van der Waals surface area contributed by atoms with Crippen LogP contribution in [0.5, 0.6) is 0 Å². The number of hydrazine groups is 1. The van der Waals surface area contributed by atoms with Crippen LogP contribution in [0.15, 0.2) is 35.7 Å². The van der Waals surface area contributed by atoms with Crippen molar-refractivity contribution in [2.24, 2.45) is 5.84 Å². The molecule has 0 saturated heterocycles. The standard InChI is InChI=1S/C14H18N4O2S/c15-17-13(20)14-16-12(10-21-14)9-18(6-7-19)8-11-4-2-1-3-5-11/h1-5,10,19H,6-9,15H2,(H,17,20). The van der Waals surface area contributed by atoms with Crippen LogP contribution in [0, 0.1) is 0 Å². The van der Waals surface area contributed by atoms with Crippen molar-refractivity contribution in [1.82, 2.24) is 15.3 Å². The molecule has 7 heteroatoms. The number of carbonyl (C=O) groups is 1. The first-order chi connectivity index (χ1) is 10.2. The number of aliphatic hydroxyl groups is 1. The van der Waals surface area contributed by atoms with Crippen LogP contribution in [0.4, 0.5) is 0 Å². The van der Waals surface area contributed by atoms with Crippen molar-refractivity contribution in [3.8, 4) is 0 Å². The fraction of sp³-hybridized carbons (Fsp3) is 0.286. The van der Waals surface area contributed by atoms with Gasteiger partial charge in [0, 0.05) is 25.0 Å². The number of nitrogens with zero attached hydrogens (tertiary/aromatic N) is 2. The number of carbonyl (C=O) groups excluding carboxylic acids is 1. The molecule has 1 amide bonds. The predicted octanol–water partition coefficient (Wildman–Crippen LogP) is 0.741. The number of hydrogen-bond donors (Lipinski definition) is 3. The van der Waals surface area contributed by atoms with Crippen molar-refractivity contribution in [2.45, 2.75) is 13.1 Å². The highest BCUT2D eigenvalue weighted by Gasteiger charge is 2.12. The average molecular weight is 306 g/mol. The number of thiazole rings is 1. The van der Waals surface area contributed by atoms with Gasteiger partial charge in [-0.15, -0.1) is 11.3 Å². The molecule has 112 valence electrons. The Bertz CT molecular complexity index is 573. The summed E-state index contributed by atoms with van der Waals surface area (Å²) in [5.74, 6) is 4.70. The summed E-state index contributed by atoms with van der Waals surface area (Å²) in [6, 6.07) is 10.0. The van der Waals surface area contributed by atoms with Crippen LogP contribution < -0.4 is 11.3 Å². The molecule has 1 aromatic carbocycles. The highest BCUT2D eigenvalue weighted by molar-refractivity contribution is 7.11. The molecule has 0 fully saturated rings. The molecule has 0 spiro atoms. The molecule has 1 aromatic heterocycles. The maximum atomic E-state index is 11.4. The summed E-state index contributed by atoms with van der Waals surface area (Å²) in [4.78, 5) is 17.7. The molecule has 0 radical (unpaired) electrons. The summed E-state index contributed by atoms with van der Waals surface area (Å²) in [5, 5.41) is 11.4. The topological polar surface area (TPSA) is 91.5 Å². The minimum absolute atomic E-state index is 0.0765. The molecule has 21 heavy (non-hydrogen) atoms. The van der Waals surface area contributed by atoms with Gasteiger partial charge in [-0.2, -0.15) is 0 Å². The lowest BCUT2D eigenvalue weighted by atomic mass is 10.2. The fourth-order valence-corrected chi connectivity index (χ4v) is 2.68. The number of aliphatic hydroxyl groups excluding tert-OH is 1. The zero-order valence-corrected chi connectivity index (χ0v) is 12.3. The van der Waals surface area contributed by atoms with Crippen LogP contribution >= 0.6 is 11.3 Å². The third-order valence-corrected chi connectivity index (χ3v) is 3.82. The van der Waals surface area contributed by atoms with Gasteiger partial charge in [0.15, 0.2) is 5.01 Å². The fourth-order valence-electron chi connectivity index (χ4n) is 1.97. The number of amides is 1. The van der Waals surface area contributed by atoms with E-state index in [-0.39, 0.29) is 12.5 Å². The highest BCUT2D eigenvalue weighted by Crippen LogP contribution is 2.13. The first-order valence-electron chi connectivity index (χ1n) is 6.55. The van der Waals surface area contributed by atoms with Gasteiger partial charge < -0.3 is 5.11 Å². The molecule has 0 atom stereocenters. The van der Waals surface area contributed by atoms with Crippen molar-refractivity contribution < 1.29 is 9.90 Å². The highest BCUT2D eigenvalue weighted by atomic mass is 32.1. The molecular weight excluding hydrogens is 288 g/mol. The summed E-state index contributed by atoms with van der Waals surface area (Å²) in [6.45, 7) is 1.92. The van der Waals surface area contributed by atoms with E-state index in [9.17, 15) is 9.90 Å². The van der Waals surface area contributed by atoms with E-state index in [0.29, 0.717) is 18.1 Å². The minimum atomic E-state index is -0.386. The zero-order valence-electron chi connectivity index (χ0n) is 11.5. The Kier molecular flexibility index (Phi) is 5.82. The number of nitrogen functional groups attached to an aromatic ring is 1. The quantitative estimate of drug-likeness (QED) is 0.399. The average Bonchev–Trinajstić information content (AvgIpc) is 2.96. The van der Waals surface area contributed by atoms with E-state index < -0.39 is 0 Å². The van der Waals surface area contributed by atoms with E-state index >= 15 is 0 Å². The maximum Gasteiger partial charge on any atom is 0.294 e. The smallest absolute Gasteiger partial charge is 0.294 e. The second kappa shape index (κ2) is 7.84. The number of rotatable bonds is 7. The van der Waals surface area contributed by atoms with Gasteiger partial charge in [0.25, 0.3) is 5.91 Å². The molecule has 0 aliphatic heterocycles. The molecule has 0 bridgehead atoms. The number of hydrogen-bond acceptors (Lipinski definition) is 6. The molecule has 1 heterocycles. The molecule has 2 aromatic rings. The van der Waals surface area contributed by atoms with E-state index in [2.05, 4.69) is 15.3 Å². The molecule has 4 N–H and O–H groups in total. The van der Waals surface area contributed by atoms with E-state index in [1.165, 1.54) is 16.9 Å². The van der Waals surface area contributed by atoms with Gasteiger partial charge in [0.1, 0.15) is 0 Å². The SMILES string of the molecule is NNC(=O)c1nc(CN(CCO)Cc2ccccc2)cs1. The summed E-state index contributed by atoms with van der Waals surface area (Å²) in [7, 11) is 0. The Labute approximate surface area is 127 Å². The second-order valence-electron chi connectivity index (χ2n) is 4.54. The van der Waals surface area contributed by atoms with Gasteiger partial charge in [-0.25, -0.2) is 10.8 Å². The normalized spacial score (nSPS) is 10.8. The summed E-state index contributed by atoms with van der Waals surface area (Å²) >= 11 is 1.26. The lowest BCUT2D eigenvalue weighted by Gasteiger charge is -2.20. The number of aromatic nitrogens is 1. The number of nitrogens with one attached hydrogen (secondary N) is 1. The van der Waals surface area contributed by atoms with E-state index in [0.717, 1.165) is 12.2 Å². The van der Waals surface area contributed by atoms with Crippen LogP contribution in [0.1, 0.15) is 21.1 Å². The summed E-state index contributed by atoms with van der Waals surface area (Å²) in [5.41, 5.74) is 4.03. The third kappa shape index (κ3) is 4.61. The van der Waals surface area contributed by atoms with E-state index in [1.54, 1.807) is 0 Å². The van der Waals surface area contributed by atoms with Crippen LogP contribution in [-0.2, 0) is 13.1 Å². The Morgan fingerprint density at radius 2 is 2.10 bits per heavy atom. The molecule has 0 aliphatic rings. The van der Waals surface area contributed by atoms with Crippen LogP contribution in [0.25, 0.3) is 0 Å². The summed E-state index contributed by atoms with van der Waals surface area (Å²) < 4.78 is 0. The lowest BCUT2D eigenvalue weighted by Crippen LogP contribution is -2.30. The summed E-state index contributed by atoms with van der Waals surface area (Å²) in [6.07, 6.45) is 0. The van der Waals surface area contributed by atoms with Gasteiger partial charge >= 0.3 is 0 Å². The van der Waals surface area contributed by atoms with Gasteiger partial charge in [-0.05, 0) is 5.56 Å². The Hall–Kier alpha value is -1.80. The number of nitrogens with two attached hydrogens (primary N) is 1. The van der Waals surface area contributed by atoms with Crippen molar-refractivity contribution in [2.75, 3.05) is 13.2 Å². The molecule has 2 rings (SSSR count). The zero-order chi connectivity index (χ0) is 15.1. The molecule has 0 saturated carbocycles. The van der Waals surface area contributed by atoms with Gasteiger partial charge in [0.2, 0.25) is 0 Å². The monoisotopic (exact) mass is 306 g/mol. The Morgan fingerprint density at radius 3 is 2.76 bits per heavy atom. The van der Waals surface area contributed by atoms with Crippen molar-refractivity contribution in [3.63, 3.8) is 0 Å². The molecular formula is C14H18N4O2S.